The van der Waals surface area contributed by atoms with Crippen molar-refractivity contribution in [3.63, 3.8) is 0 Å². The number of hydrogen-bond acceptors (Lipinski definition) is 4. The average Bonchev–Trinajstić information content (AvgIpc) is 3.07. The van der Waals surface area contributed by atoms with E-state index in [0.29, 0.717) is 11.4 Å². The van der Waals surface area contributed by atoms with Crippen LogP contribution in [-0.4, -0.2) is 30.8 Å². The van der Waals surface area contributed by atoms with Crippen LogP contribution in [0, 0.1) is 13.8 Å². The molecule has 1 aliphatic rings. The molecule has 1 aromatic heterocycles. The second-order valence-electron chi connectivity index (χ2n) is 7.44. The number of sulfonamides is 1. The quantitative estimate of drug-likeness (QED) is 0.733. The molecule has 0 aliphatic carbocycles. The van der Waals surface area contributed by atoms with Crippen LogP contribution in [-0.2, 0) is 17.1 Å². The van der Waals surface area contributed by atoms with Gasteiger partial charge >= 0.3 is 0 Å². The molecule has 28 heavy (non-hydrogen) atoms. The Hall–Kier alpha value is -2.80. The van der Waals surface area contributed by atoms with Crippen molar-refractivity contribution in [2.24, 2.45) is 7.05 Å². The molecular formula is C21H24N4O2S. The third kappa shape index (κ3) is 3.05. The molecule has 6 nitrogen and oxygen atoms in total. The molecule has 0 amide bonds. The van der Waals surface area contributed by atoms with Crippen LogP contribution in [0.4, 0.5) is 11.4 Å². The summed E-state index contributed by atoms with van der Waals surface area (Å²) in [6, 6.07) is 11.3. The van der Waals surface area contributed by atoms with E-state index < -0.39 is 10.0 Å². The molecule has 0 radical (unpaired) electrons. The van der Waals surface area contributed by atoms with Gasteiger partial charge in [0.2, 0.25) is 0 Å². The molecule has 0 saturated heterocycles. The van der Waals surface area contributed by atoms with Crippen LogP contribution in [0.15, 0.2) is 53.7 Å². The molecule has 0 spiro atoms. The molecule has 3 aromatic rings. The van der Waals surface area contributed by atoms with Crippen LogP contribution in [0.5, 0.6) is 0 Å². The zero-order valence-corrected chi connectivity index (χ0v) is 17.3. The van der Waals surface area contributed by atoms with E-state index in [0.717, 1.165) is 33.6 Å². The van der Waals surface area contributed by atoms with E-state index in [2.05, 4.69) is 10.4 Å². The fraction of sp³-hybridized carbons (Fsp3) is 0.286. The number of nitrogens with one attached hydrogen (secondary N) is 1. The summed E-state index contributed by atoms with van der Waals surface area (Å²) in [5.41, 5.74) is 5.16. The lowest BCUT2D eigenvalue weighted by Gasteiger charge is -2.36. The van der Waals surface area contributed by atoms with Gasteiger partial charge in [-0.1, -0.05) is 18.2 Å². The summed E-state index contributed by atoms with van der Waals surface area (Å²) in [6.45, 7) is 6.17. The third-order valence-electron chi connectivity index (χ3n) is 5.11. The highest BCUT2D eigenvalue weighted by molar-refractivity contribution is 7.93. The number of aryl methyl sites for hydroxylation is 3. The lowest BCUT2D eigenvalue weighted by molar-refractivity contribution is 0.585. The van der Waals surface area contributed by atoms with Crippen LogP contribution in [0.1, 0.15) is 18.1 Å². The van der Waals surface area contributed by atoms with Crippen LogP contribution >= 0.6 is 0 Å². The molecule has 7 heteroatoms. The molecular weight excluding hydrogens is 372 g/mol. The first-order chi connectivity index (χ1) is 13.3. The molecule has 0 fully saturated rings. The SMILES string of the molecule is Cc1cc(-c2cnn(C)c2)ccc1S(=O)(=O)N1C[C@@H](C)Nc2cccc(C)c21. The van der Waals surface area contributed by atoms with E-state index in [9.17, 15) is 8.42 Å². The molecule has 0 bridgehead atoms. The maximum Gasteiger partial charge on any atom is 0.264 e. The predicted molar refractivity (Wildman–Crippen MR) is 112 cm³/mol. The van der Waals surface area contributed by atoms with E-state index >= 15 is 0 Å². The standard InChI is InChI=1S/C21H24N4O2S/c1-14-6-5-7-19-21(14)25(12-16(3)23-19)28(26,27)20-9-8-17(10-15(20)2)18-11-22-24(4)13-18/h5-11,13,16,23H,12H2,1-4H3/t16-/m1/s1. The van der Waals surface area contributed by atoms with Gasteiger partial charge in [-0.05, 0) is 55.7 Å². The highest BCUT2D eigenvalue weighted by Gasteiger charge is 2.33. The highest BCUT2D eigenvalue weighted by Crippen LogP contribution is 2.38. The van der Waals surface area contributed by atoms with E-state index in [1.54, 1.807) is 21.3 Å². The third-order valence-corrected chi connectivity index (χ3v) is 7.04. The first-order valence-corrected chi connectivity index (χ1v) is 10.7. The zero-order valence-electron chi connectivity index (χ0n) is 16.5. The van der Waals surface area contributed by atoms with E-state index in [-0.39, 0.29) is 6.04 Å². The molecule has 0 saturated carbocycles. The van der Waals surface area contributed by atoms with Gasteiger partial charge in [-0.25, -0.2) is 8.42 Å². The van der Waals surface area contributed by atoms with Crippen LogP contribution < -0.4 is 9.62 Å². The second-order valence-corrected chi connectivity index (χ2v) is 9.27. The van der Waals surface area contributed by atoms with Crippen molar-refractivity contribution in [2.45, 2.75) is 31.7 Å². The molecule has 1 N–H and O–H groups in total. The number of nitrogens with zero attached hydrogens (tertiary/aromatic N) is 3. The zero-order chi connectivity index (χ0) is 20.1. The lowest BCUT2D eigenvalue weighted by atomic mass is 10.1. The van der Waals surface area contributed by atoms with Gasteiger partial charge in [0.1, 0.15) is 0 Å². The van der Waals surface area contributed by atoms with Crippen molar-refractivity contribution in [3.05, 3.63) is 59.9 Å². The number of fused-ring (bicyclic) bond motifs is 1. The van der Waals surface area contributed by atoms with Crippen molar-refractivity contribution < 1.29 is 8.42 Å². The summed E-state index contributed by atoms with van der Waals surface area (Å²) in [5.74, 6) is 0. The Balaban J connectivity index is 1.79. The van der Waals surface area contributed by atoms with Gasteiger partial charge in [-0.15, -0.1) is 0 Å². The summed E-state index contributed by atoms with van der Waals surface area (Å²) < 4.78 is 30.5. The Labute approximate surface area is 165 Å². The Bertz CT molecular complexity index is 1150. The Morgan fingerprint density at radius 2 is 1.89 bits per heavy atom. The summed E-state index contributed by atoms with van der Waals surface area (Å²) >= 11 is 0. The van der Waals surface area contributed by atoms with Crippen molar-refractivity contribution in [3.8, 4) is 11.1 Å². The van der Waals surface area contributed by atoms with Gasteiger partial charge in [0.15, 0.2) is 0 Å². The summed E-state index contributed by atoms with van der Waals surface area (Å²) in [4.78, 5) is 0.337. The van der Waals surface area contributed by atoms with E-state index in [4.69, 9.17) is 0 Å². The maximum atomic E-state index is 13.6. The fourth-order valence-corrected chi connectivity index (χ4v) is 5.63. The number of para-hydroxylation sites is 1. The van der Waals surface area contributed by atoms with Gasteiger partial charge in [-0.3, -0.25) is 8.99 Å². The molecule has 4 rings (SSSR count). The normalized spacial score (nSPS) is 16.6. The first kappa shape index (κ1) is 18.6. The summed E-state index contributed by atoms with van der Waals surface area (Å²) in [5, 5.41) is 7.58. The van der Waals surface area contributed by atoms with Crippen molar-refractivity contribution in [2.75, 3.05) is 16.2 Å². The molecule has 2 aromatic carbocycles. The molecule has 1 atom stereocenters. The largest absolute Gasteiger partial charge is 0.379 e. The van der Waals surface area contributed by atoms with Gasteiger partial charge < -0.3 is 5.32 Å². The van der Waals surface area contributed by atoms with E-state index in [1.807, 2.05) is 64.3 Å². The number of hydrogen-bond donors (Lipinski definition) is 1. The lowest BCUT2D eigenvalue weighted by Crippen LogP contribution is -2.44. The van der Waals surface area contributed by atoms with Crippen LogP contribution in [0.25, 0.3) is 11.1 Å². The fourth-order valence-electron chi connectivity index (χ4n) is 3.78. The molecule has 1 aliphatic heterocycles. The predicted octanol–water partition coefficient (Wildman–Crippen LogP) is 3.71. The minimum Gasteiger partial charge on any atom is -0.379 e. The minimum atomic E-state index is -3.68. The first-order valence-electron chi connectivity index (χ1n) is 9.26. The monoisotopic (exact) mass is 396 g/mol. The van der Waals surface area contributed by atoms with E-state index in [1.165, 1.54) is 0 Å². The van der Waals surface area contributed by atoms with Crippen molar-refractivity contribution in [1.29, 1.82) is 0 Å². The van der Waals surface area contributed by atoms with Gasteiger partial charge in [0, 0.05) is 24.8 Å². The Morgan fingerprint density at radius 1 is 1.11 bits per heavy atom. The number of benzene rings is 2. The summed E-state index contributed by atoms with van der Waals surface area (Å²) in [7, 11) is -1.82. The summed E-state index contributed by atoms with van der Waals surface area (Å²) in [6.07, 6.45) is 3.70. The topological polar surface area (TPSA) is 67.2 Å². The maximum absolute atomic E-state index is 13.6. The smallest absolute Gasteiger partial charge is 0.264 e. The number of anilines is 2. The van der Waals surface area contributed by atoms with Gasteiger partial charge in [0.05, 0.1) is 29.0 Å². The Kier molecular flexibility index (Phi) is 4.42. The molecule has 0 unspecified atom stereocenters. The average molecular weight is 397 g/mol. The molecule has 146 valence electrons. The van der Waals surface area contributed by atoms with Crippen molar-refractivity contribution >= 4 is 21.4 Å². The van der Waals surface area contributed by atoms with Crippen LogP contribution in [0.2, 0.25) is 0 Å². The van der Waals surface area contributed by atoms with Gasteiger partial charge in [-0.2, -0.15) is 5.10 Å². The highest BCUT2D eigenvalue weighted by atomic mass is 32.2. The number of aromatic nitrogens is 2. The molecule has 2 heterocycles. The Morgan fingerprint density at radius 3 is 2.57 bits per heavy atom. The minimum absolute atomic E-state index is 0.0269. The van der Waals surface area contributed by atoms with Crippen molar-refractivity contribution in [1.82, 2.24) is 9.78 Å². The number of rotatable bonds is 3. The van der Waals surface area contributed by atoms with Crippen LogP contribution in [0.3, 0.4) is 0 Å². The second kappa shape index (κ2) is 6.67. The van der Waals surface area contributed by atoms with Gasteiger partial charge in [0.25, 0.3) is 10.0 Å².